The number of piperidine rings is 1. The Kier molecular flexibility index (Phi) is 4.86. The summed E-state index contributed by atoms with van der Waals surface area (Å²) in [7, 11) is 0. The summed E-state index contributed by atoms with van der Waals surface area (Å²) in [6.07, 6.45) is 9.50. The number of aromatic nitrogens is 1. The lowest BCUT2D eigenvalue weighted by molar-refractivity contribution is -0.126. The van der Waals surface area contributed by atoms with Crippen LogP contribution in [-0.2, 0) is 11.2 Å². The predicted octanol–water partition coefficient (Wildman–Crippen LogP) is 1.86. The molecular weight excluding hydrogens is 262 g/mol. The maximum absolute atomic E-state index is 12.2. The van der Waals surface area contributed by atoms with Gasteiger partial charge < -0.3 is 10.2 Å². The molecule has 0 bridgehead atoms. The quantitative estimate of drug-likeness (QED) is 0.868. The largest absolute Gasteiger partial charge is 0.356 e. The lowest BCUT2D eigenvalue weighted by Gasteiger charge is -2.32. The minimum Gasteiger partial charge on any atom is -0.356 e. The van der Waals surface area contributed by atoms with Crippen molar-refractivity contribution in [2.45, 2.75) is 32.1 Å². The summed E-state index contributed by atoms with van der Waals surface area (Å²) >= 11 is 0. The van der Waals surface area contributed by atoms with Gasteiger partial charge in [-0.25, -0.2) is 0 Å². The van der Waals surface area contributed by atoms with Crippen LogP contribution in [0, 0.1) is 11.8 Å². The number of pyridine rings is 1. The van der Waals surface area contributed by atoms with E-state index in [-0.39, 0.29) is 11.8 Å². The molecule has 1 amide bonds. The number of nitrogens with one attached hydrogen (secondary N) is 1. The van der Waals surface area contributed by atoms with Crippen molar-refractivity contribution in [3.05, 3.63) is 30.1 Å². The standard InChI is InChI=1S/C17H25N3O/c21-17(19-12-15-3-4-15)16-2-1-10-20(13-16)11-7-14-5-8-18-9-6-14/h5-6,8-9,15-16H,1-4,7,10-13H2,(H,19,21)/t16-/m1/s1. The van der Waals surface area contributed by atoms with Gasteiger partial charge in [0.1, 0.15) is 0 Å². The summed E-state index contributed by atoms with van der Waals surface area (Å²) < 4.78 is 0. The molecule has 3 rings (SSSR count). The van der Waals surface area contributed by atoms with Crippen molar-refractivity contribution in [3.63, 3.8) is 0 Å². The minimum atomic E-state index is 0.190. The Bertz CT molecular complexity index is 458. The first-order valence-electron chi connectivity index (χ1n) is 8.20. The second-order valence-corrected chi connectivity index (χ2v) is 6.43. The molecule has 1 aromatic rings. The molecule has 0 radical (unpaired) electrons. The van der Waals surface area contributed by atoms with Gasteiger partial charge in [0, 0.05) is 32.0 Å². The van der Waals surface area contributed by atoms with Crippen LogP contribution < -0.4 is 5.32 Å². The summed E-state index contributed by atoms with van der Waals surface area (Å²) in [5.41, 5.74) is 1.32. The Morgan fingerprint density at radius 3 is 2.86 bits per heavy atom. The molecule has 1 aliphatic heterocycles. The fraction of sp³-hybridized carbons (Fsp3) is 0.647. The molecule has 1 atom stereocenters. The van der Waals surface area contributed by atoms with Gasteiger partial charge in [-0.1, -0.05) is 0 Å². The Balaban J connectivity index is 1.42. The van der Waals surface area contributed by atoms with E-state index in [2.05, 4.69) is 27.3 Å². The first-order chi connectivity index (χ1) is 10.3. The van der Waals surface area contributed by atoms with Gasteiger partial charge in [0.05, 0.1) is 5.92 Å². The molecule has 1 N–H and O–H groups in total. The van der Waals surface area contributed by atoms with E-state index in [1.165, 1.54) is 18.4 Å². The van der Waals surface area contributed by atoms with Crippen molar-refractivity contribution in [3.8, 4) is 0 Å². The monoisotopic (exact) mass is 287 g/mol. The predicted molar refractivity (Wildman–Crippen MR) is 82.8 cm³/mol. The average Bonchev–Trinajstić information content (AvgIpc) is 3.36. The van der Waals surface area contributed by atoms with Crippen LogP contribution in [0.15, 0.2) is 24.5 Å². The molecule has 0 spiro atoms. The third-order valence-corrected chi connectivity index (χ3v) is 4.60. The molecule has 2 aliphatic rings. The van der Waals surface area contributed by atoms with Crippen LogP contribution >= 0.6 is 0 Å². The van der Waals surface area contributed by atoms with Crippen LogP contribution in [0.4, 0.5) is 0 Å². The number of carbonyl (C=O) groups is 1. The Morgan fingerprint density at radius 1 is 1.29 bits per heavy atom. The van der Waals surface area contributed by atoms with E-state index in [9.17, 15) is 4.79 Å². The lowest BCUT2D eigenvalue weighted by atomic mass is 9.96. The van der Waals surface area contributed by atoms with E-state index < -0.39 is 0 Å². The van der Waals surface area contributed by atoms with E-state index in [0.717, 1.165) is 51.4 Å². The summed E-state index contributed by atoms with van der Waals surface area (Å²) in [5.74, 6) is 1.23. The average molecular weight is 287 g/mol. The minimum absolute atomic E-state index is 0.190. The Hall–Kier alpha value is -1.42. The highest BCUT2D eigenvalue weighted by molar-refractivity contribution is 5.79. The van der Waals surface area contributed by atoms with Crippen LogP contribution in [0.2, 0.25) is 0 Å². The first kappa shape index (κ1) is 14.5. The molecule has 21 heavy (non-hydrogen) atoms. The van der Waals surface area contributed by atoms with E-state index in [0.29, 0.717) is 0 Å². The fourth-order valence-corrected chi connectivity index (χ4v) is 3.02. The van der Waals surface area contributed by atoms with E-state index >= 15 is 0 Å². The molecule has 2 heterocycles. The van der Waals surface area contributed by atoms with Crippen molar-refractivity contribution in [1.82, 2.24) is 15.2 Å². The number of likely N-dealkylation sites (tertiary alicyclic amines) is 1. The molecule has 0 unspecified atom stereocenters. The van der Waals surface area contributed by atoms with Crippen molar-refractivity contribution in [1.29, 1.82) is 0 Å². The molecule has 4 nitrogen and oxygen atoms in total. The number of nitrogens with zero attached hydrogens (tertiary/aromatic N) is 2. The van der Waals surface area contributed by atoms with Crippen LogP contribution in [0.1, 0.15) is 31.2 Å². The van der Waals surface area contributed by atoms with Gasteiger partial charge in [-0.15, -0.1) is 0 Å². The number of hydrogen-bond donors (Lipinski definition) is 1. The topological polar surface area (TPSA) is 45.2 Å². The normalized spacial score (nSPS) is 23.0. The van der Waals surface area contributed by atoms with Crippen molar-refractivity contribution in [2.24, 2.45) is 11.8 Å². The molecule has 4 heteroatoms. The van der Waals surface area contributed by atoms with Crippen LogP contribution in [0.5, 0.6) is 0 Å². The van der Waals surface area contributed by atoms with E-state index in [1.54, 1.807) is 0 Å². The molecule has 1 saturated carbocycles. The van der Waals surface area contributed by atoms with Crippen LogP contribution in [0.3, 0.4) is 0 Å². The first-order valence-corrected chi connectivity index (χ1v) is 8.20. The molecular formula is C17H25N3O. The molecule has 0 aromatic carbocycles. The highest BCUT2D eigenvalue weighted by Gasteiger charge is 2.27. The van der Waals surface area contributed by atoms with Crippen molar-refractivity contribution >= 4 is 5.91 Å². The zero-order valence-electron chi connectivity index (χ0n) is 12.6. The zero-order chi connectivity index (χ0) is 14.5. The summed E-state index contributed by atoms with van der Waals surface area (Å²) in [4.78, 5) is 18.7. The molecule has 1 saturated heterocycles. The summed E-state index contributed by atoms with van der Waals surface area (Å²) in [6, 6.07) is 4.15. The zero-order valence-corrected chi connectivity index (χ0v) is 12.6. The highest BCUT2D eigenvalue weighted by atomic mass is 16.1. The van der Waals surface area contributed by atoms with E-state index in [1.807, 2.05) is 12.4 Å². The van der Waals surface area contributed by atoms with E-state index in [4.69, 9.17) is 0 Å². The SMILES string of the molecule is O=C(NCC1CC1)[C@@H]1CCCN(CCc2ccncc2)C1. The van der Waals surface area contributed by atoms with Gasteiger partial charge in [0.15, 0.2) is 0 Å². The van der Waals surface area contributed by atoms with Gasteiger partial charge in [-0.3, -0.25) is 9.78 Å². The Morgan fingerprint density at radius 2 is 2.10 bits per heavy atom. The van der Waals surface area contributed by atoms with Gasteiger partial charge in [0.25, 0.3) is 0 Å². The number of rotatable bonds is 6. The smallest absolute Gasteiger partial charge is 0.224 e. The summed E-state index contributed by atoms with van der Waals surface area (Å²) in [5, 5.41) is 3.13. The van der Waals surface area contributed by atoms with Gasteiger partial charge in [-0.2, -0.15) is 0 Å². The number of carbonyl (C=O) groups excluding carboxylic acids is 1. The molecule has 114 valence electrons. The second kappa shape index (κ2) is 7.03. The maximum atomic E-state index is 12.2. The van der Waals surface area contributed by atoms with Crippen molar-refractivity contribution < 1.29 is 4.79 Å². The maximum Gasteiger partial charge on any atom is 0.224 e. The Labute approximate surface area is 126 Å². The van der Waals surface area contributed by atoms with Gasteiger partial charge in [-0.05, 0) is 62.3 Å². The third kappa shape index (κ3) is 4.53. The van der Waals surface area contributed by atoms with Crippen LogP contribution in [-0.4, -0.2) is 42.0 Å². The lowest BCUT2D eigenvalue weighted by Crippen LogP contribution is -2.44. The van der Waals surface area contributed by atoms with Gasteiger partial charge in [0.2, 0.25) is 5.91 Å². The number of amides is 1. The number of hydrogen-bond acceptors (Lipinski definition) is 3. The highest BCUT2D eigenvalue weighted by Crippen LogP contribution is 2.27. The third-order valence-electron chi connectivity index (χ3n) is 4.60. The second-order valence-electron chi connectivity index (χ2n) is 6.43. The van der Waals surface area contributed by atoms with Gasteiger partial charge >= 0.3 is 0 Å². The molecule has 1 aromatic heterocycles. The fourth-order valence-electron chi connectivity index (χ4n) is 3.02. The molecule has 1 aliphatic carbocycles. The molecule has 2 fully saturated rings. The van der Waals surface area contributed by atoms with Crippen molar-refractivity contribution in [2.75, 3.05) is 26.2 Å². The van der Waals surface area contributed by atoms with Crippen LogP contribution in [0.25, 0.3) is 0 Å². The summed E-state index contributed by atoms with van der Waals surface area (Å²) in [6.45, 7) is 3.97.